The molecule has 1 aromatic heterocycles. The Morgan fingerprint density at radius 1 is 1.19 bits per heavy atom. The Labute approximate surface area is 124 Å². The van der Waals surface area contributed by atoms with Crippen LogP contribution < -0.4 is 11.2 Å². The molecule has 4 heteroatoms. The van der Waals surface area contributed by atoms with Gasteiger partial charge in [-0.1, -0.05) is 24.3 Å². The van der Waals surface area contributed by atoms with Gasteiger partial charge < -0.3 is 10.7 Å². The van der Waals surface area contributed by atoms with E-state index in [4.69, 9.17) is 5.73 Å². The van der Waals surface area contributed by atoms with Crippen LogP contribution >= 0.6 is 0 Å². The number of rotatable bonds is 1. The fourth-order valence-electron chi connectivity index (χ4n) is 3.19. The van der Waals surface area contributed by atoms with E-state index >= 15 is 0 Å². The molecular formula is C17H21N3O. The number of hydrogen-bond donors (Lipinski definition) is 2. The first kappa shape index (κ1) is 14.0. The van der Waals surface area contributed by atoms with Gasteiger partial charge in [0.25, 0.3) is 0 Å². The average molecular weight is 283 g/mol. The quantitative estimate of drug-likeness (QED) is 0.842. The van der Waals surface area contributed by atoms with Gasteiger partial charge in [0.2, 0.25) is 0 Å². The van der Waals surface area contributed by atoms with Gasteiger partial charge in [-0.3, -0.25) is 9.69 Å². The summed E-state index contributed by atoms with van der Waals surface area (Å²) in [5.41, 5.74) is 10.2. The summed E-state index contributed by atoms with van der Waals surface area (Å²) in [5, 5.41) is 0. The summed E-state index contributed by atoms with van der Waals surface area (Å²) in [5.74, 6) is 0. The SMILES string of the molecule is Cc1c[nH]cc(C2c3ccccc3C(N)CCN2C)c1=O. The Balaban J connectivity index is 2.22. The normalized spacial score (nSPS) is 22.6. The lowest BCUT2D eigenvalue weighted by molar-refractivity contribution is 0.278. The Hall–Kier alpha value is -1.91. The zero-order valence-electron chi connectivity index (χ0n) is 12.5. The van der Waals surface area contributed by atoms with Gasteiger partial charge >= 0.3 is 0 Å². The van der Waals surface area contributed by atoms with Gasteiger partial charge in [0.15, 0.2) is 5.43 Å². The molecule has 1 aliphatic heterocycles. The van der Waals surface area contributed by atoms with Crippen LogP contribution in [0.25, 0.3) is 0 Å². The Kier molecular flexibility index (Phi) is 3.66. The molecule has 0 radical (unpaired) electrons. The zero-order chi connectivity index (χ0) is 15.0. The minimum atomic E-state index is -0.0431. The Morgan fingerprint density at radius 3 is 2.67 bits per heavy atom. The van der Waals surface area contributed by atoms with Crippen molar-refractivity contribution < 1.29 is 0 Å². The molecule has 0 aliphatic carbocycles. The maximum Gasteiger partial charge on any atom is 0.189 e. The fraction of sp³-hybridized carbons (Fsp3) is 0.353. The molecule has 2 unspecified atom stereocenters. The number of H-pyrrole nitrogens is 1. The summed E-state index contributed by atoms with van der Waals surface area (Å²) in [6.45, 7) is 2.71. The Morgan fingerprint density at radius 2 is 1.90 bits per heavy atom. The molecule has 2 heterocycles. The van der Waals surface area contributed by atoms with Crippen molar-refractivity contribution in [2.75, 3.05) is 13.6 Å². The van der Waals surface area contributed by atoms with Crippen molar-refractivity contribution in [1.82, 2.24) is 9.88 Å². The highest BCUT2D eigenvalue weighted by Gasteiger charge is 2.29. The highest BCUT2D eigenvalue weighted by molar-refractivity contribution is 5.40. The molecule has 3 N–H and O–H groups in total. The van der Waals surface area contributed by atoms with Gasteiger partial charge in [-0.15, -0.1) is 0 Å². The monoisotopic (exact) mass is 283 g/mol. The molecular weight excluding hydrogens is 262 g/mol. The molecule has 0 fully saturated rings. The van der Waals surface area contributed by atoms with E-state index in [1.54, 1.807) is 6.20 Å². The molecule has 0 saturated carbocycles. The van der Waals surface area contributed by atoms with Gasteiger partial charge in [0, 0.05) is 36.1 Å². The molecule has 0 amide bonds. The zero-order valence-corrected chi connectivity index (χ0v) is 12.5. The smallest absolute Gasteiger partial charge is 0.189 e. The van der Waals surface area contributed by atoms with E-state index in [-0.39, 0.29) is 17.5 Å². The summed E-state index contributed by atoms with van der Waals surface area (Å²) in [4.78, 5) is 17.8. The molecule has 2 atom stereocenters. The molecule has 3 rings (SSSR count). The molecule has 110 valence electrons. The van der Waals surface area contributed by atoms with E-state index in [0.29, 0.717) is 0 Å². The fourth-order valence-corrected chi connectivity index (χ4v) is 3.19. The third-order valence-corrected chi connectivity index (χ3v) is 4.38. The predicted octanol–water partition coefficient (Wildman–Crippen LogP) is 2.11. The van der Waals surface area contributed by atoms with Crippen molar-refractivity contribution in [2.45, 2.75) is 25.4 Å². The van der Waals surface area contributed by atoms with Gasteiger partial charge in [-0.2, -0.15) is 0 Å². The van der Waals surface area contributed by atoms with E-state index in [9.17, 15) is 4.79 Å². The molecule has 4 nitrogen and oxygen atoms in total. The molecule has 21 heavy (non-hydrogen) atoms. The number of hydrogen-bond acceptors (Lipinski definition) is 3. The van der Waals surface area contributed by atoms with Crippen LogP contribution in [0.3, 0.4) is 0 Å². The summed E-state index contributed by atoms with van der Waals surface area (Å²) < 4.78 is 0. The van der Waals surface area contributed by atoms with Crippen LogP contribution in [0, 0.1) is 6.92 Å². The second-order valence-corrected chi connectivity index (χ2v) is 5.83. The maximum absolute atomic E-state index is 12.5. The molecule has 0 saturated heterocycles. The van der Waals surface area contributed by atoms with E-state index < -0.39 is 0 Å². The van der Waals surface area contributed by atoms with E-state index in [1.165, 1.54) is 0 Å². The summed E-state index contributed by atoms with van der Waals surface area (Å²) >= 11 is 0. The number of nitrogens with two attached hydrogens (primary N) is 1. The topological polar surface area (TPSA) is 62.1 Å². The van der Waals surface area contributed by atoms with Crippen LogP contribution in [-0.4, -0.2) is 23.5 Å². The van der Waals surface area contributed by atoms with Crippen LogP contribution in [0.4, 0.5) is 0 Å². The molecule has 1 aromatic carbocycles. The van der Waals surface area contributed by atoms with Gasteiger partial charge in [-0.05, 0) is 31.5 Å². The van der Waals surface area contributed by atoms with Crippen LogP contribution in [0.5, 0.6) is 0 Å². The number of pyridine rings is 1. The highest BCUT2D eigenvalue weighted by atomic mass is 16.1. The first-order valence-corrected chi connectivity index (χ1v) is 7.32. The standard InChI is InChI=1S/C17H21N3O/c1-11-9-19-10-14(17(11)21)16-13-6-4-3-5-12(13)15(18)7-8-20(16)2/h3-6,9-10,15-16H,7-8,18H2,1-2H3,(H,19,21). The number of nitrogens with zero attached hydrogens (tertiary/aromatic N) is 1. The number of aromatic amines is 1. The largest absolute Gasteiger partial charge is 0.367 e. The lowest BCUT2D eigenvalue weighted by Crippen LogP contribution is -2.30. The number of nitrogens with one attached hydrogen (secondary N) is 1. The maximum atomic E-state index is 12.5. The van der Waals surface area contributed by atoms with Crippen molar-refractivity contribution in [3.63, 3.8) is 0 Å². The number of aromatic nitrogens is 1. The third kappa shape index (κ3) is 2.41. The van der Waals surface area contributed by atoms with Gasteiger partial charge in [-0.25, -0.2) is 0 Å². The second kappa shape index (κ2) is 5.47. The van der Waals surface area contributed by atoms with Crippen LogP contribution in [0.15, 0.2) is 41.5 Å². The number of benzene rings is 1. The van der Waals surface area contributed by atoms with Crippen molar-refractivity contribution in [3.05, 3.63) is 69.1 Å². The lowest BCUT2D eigenvalue weighted by atomic mass is 9.92. The van der Waals surface area contributed by atoms with Gasteiger partial charge in [0.1, 0.15) is 0 Å². The molecule has 2 aromatic rings. The second-order valence-electron chi connectivity index (χ2n) is 5.83. The van der Waals surface area contributed by atoms with Crippen LogP contribution in [0.2, 0.25) is 0 Å². The minimum Gasteiger partial charge on any atom is -0.367 e. The first-order valence-electron chi connectivity index (χ1n) is 7.32. The third-order valence-electron chi connectivity index (χ3n) is 4.38. The van der Waals surface area contributed by atoms with E-state index in [2.05, 4.69) is 29.1 Å². The molecule has 1 aliphatic rings. The van der Waals surface area contributed by atoms with Gasteiger partial charge in [0.05, 0.1) is 6.04 Å². The van der Waals surface area contributed by atoms with Crippen LogP contribution in [-0.2, 0) is 0 Å². The van der Waals surface area contributed by atoms with E-state index in [0.717, 1.165) is 35.2 Å². The number of aryl methyl sites for hydroxylation is 1. The summed E-state index contributed by atoms with van der Waals surface area (Å²) in [6.07, 6.45) is 4.47. The first-order chi connectivity index (χ1) is 10.1. The minimum absolute atomic E-state index is 0.0255. The van der Waals surface area contributed by atoms with Crippen molar-refractivity contribution in [2.24, 2.45) is 5.73 Å². The summed E-state index contributed by atoms with van der Waals surface area (Å²) in [7, 11) is 2.06. The molecule has 0 bridgehead atoms. The molecule has 0 spiro atoms. The van der Waals surface area contributed by atoms with Crippen molar-refractivity contribution in [3.8, 4) is 0 Å². The van der Waals surface area contributed by atoms with E-state index in [1.807, 2.05) is 25.3 Å². The number of fused-ring (bicyclic) bond motifs is 1. The van der Waals surface area contributed by atoms with Crippen LogP contribution in [0.1, 0.15) is 40.8 Å². The Bertz CT molecular complexity index is 707. The van der Waals surface area contributed by atoms with Crippen molar-refractivity contribution in [1.29, 1.82) is 0 Å². The average Bonchev–Trinajstić information content (AvgIpc) is 2.61. The highest BCUT2D eigenvalue weighted by Crippen LogP contribution is 2.34. The lowest BCUT2D eigenvalue weighted by Gasteiger charge is -2.27. The summed E-state index contributed by atoms with van der Waals surface area (Å²) in [6, 6.07) is 8.18. The van der Waals surface area contributed by atoms with Crippen molar-refractivity contribution >= 4 is 0 Å². The predicted molar refractivity (Wildman–Crippen MR) is 84.3 cm³/mol.